The van der Waals surface area contributed by atoms with E-state index in [0.717, 1.165) is 37.1 Å². The van der Waals surface area contributed by atoms with Crippen molar-refractivity contribution in [2.75, 3.05) is 19.6 Å². The van der Waals surface area contributed by atoms with Gasteiger partial charge in [0.2, 0.25) is 17.6 Å². The molecule has 0 aliphatic carbocycles. The van der Waals surface area contributed by atoms with Gasteiger partial charge in [0, 0.05) is 31.5 Å². The average Bonchev–Trinajstić information content (AvgIpc) is 3.09. The zero-order valence-electron chi connectivity index (χ0n) is 14.8. The van der Waals surface area contributed by atoms with Gasteiger partial charge in [0.1, 0.15) is 0 Å². The molecule has 1 aromatic heterocycles. The van der Waals surface area contributed by atoms with Crippen LogP contribution in [-0.4, -0.2) is 40.6 Å². The number of likely N-dealkylation sites (tertiary alicyclic amines) is 1. The molecule has 1 amide bonds. The molecule has 1 atom stereocenters. The molecule has 1 unspecified atom stereocenters. The Morgan fingerprint density at radius 1 is 1.40 bits per heavy atom. The van der Waals surface area contributed by atoms with E-state index < -0.39 is 0 Å². The van der Waals surface area contributed by atoms with Crippen molar-refractivity contribution in [3.8, 4) is 11.4 Å². The number of aromatic nitrogens is 2. The summed E-state index contributed by atoms with van der Waals surface area (Å²) in [4.78, 5) is 18.9. The van der Waals surface area contributed by atoms with Crippen molar-refractivity contribution in [2.24, 2.45) is 11.7 Å². The second-order valence-corrected chi connectivity index (χ2v) is 6.75. The summed E-state index contributed by atoms with van der Waals surface area (Å²) in [6, 6.07) is 7.93. The highest BCUT2D eigenvalue weighted by Crippen LogP contribution is 2.22. The van der Waals surface area contributed by atoms with Crippen LogP contribution in [-0.2, 0) is 11.2 Å². The number of carbonyl (C=O) groups is 1. The number of piperidine rings is 1. The van der Waals surface area contributed by atoms with Gasteiger partial charge in [0.05, 0.1) is 0 Å². The van der Waals surface area contributed by atoms with Crippen molar-refractivity contribution in [2.45, 2.75) is 39.0 Å². The first-order valence-electron chi connectivity index (χ1n) is 9.04. The van der Waals surface area contributed by atoms with Crippen molar-refractivity contribution in [3.05, 3.63) is 35.7 Å². The molecular formula is C19H26N4O2. The Kier molecular flexibility index (Phi) is 5.81. The molecule has 1 saturated heterocycles. The van der Waals surface area contributed by atoms with Gasteiger partial charge < -0.3 is 15.2 Å². The van der Waals surface area contributed by atoms with Crippen LogP contribution in [0.2, 0.25) is 0 Å². The van der Waals surface area contributed by atoms with Crippen molar-refractivity contribution in [3.63, 3.8) is 0 Å². The molecule has 2 aromatic rings. The van der Waals surface area contributed by atoms with E-state index in [2.05, 4.69) is 10.1 Å². The van der Waals surface area contributed by atoms with E-state index in [1.165, 1.54) is 6.42 Å². The van der Waals surface area contributed by atoms with Crippen LogP contribution in [0.4, 0.5) is 0 Å². The maximum Gasteiger partial charge on any atom is 0.227 e. The molecule has 1 aromatic carbocycles. The standard InChI is InChI=1S/C19H26N4O2/c1-14-5-2-3-7-16(14)19-21-17(25-22-19)8-9-18(24)23-12-4-6-15(13-23)10-11-20/h2-3,5,7,15H,4,6,8-13,20H2,1H3. The molecule has 6 heteroatoms. The number of carbonyl (C=O) groups excluding carboxylic acids is 1. The SMILES string of the molecule is Cc1ccccc1-c1noc(CCC(=O)N2CCCC(CCN)C2)n1. The van der Waals surface area contributed by atoms with Gasteiger partial charge in [-0.1, -0.05) is 29.4 Å². The van der Waals surface area contributed by atoms with Crippen LogP contribution >= 0.6 is 0 Å². The Morgan fingerprint density at radius 3 is 3.04 bits per heavy atom. The van der Waals surface area contributed by atoms with Gasteiger partial charge in [-0.25, -0.2) is 0 Å². The van der Waals surface area contributed by atoms with Crippen LogP contribution in [0.5, 0.6) is 0 Å². The molecule has 0 bridgehead atoms. The quantitative estimate of drug-likeness (QED) is 0.872. The van der Waals surface area contributed by atoms with Crippen LogP contribution in [0, 0.1) is 12.8 Å². The topological polar surface area (TPSA) is 85.2 Å². The zero-order valence-corrected chi connectivity index (χ0v) is 14.8. The molecule has 1 aliphatic heterocycles. The molecule has 0 saturated carbocycles. The molecular weight excluding hydrogens is 316 g/mol. The third-order valence-corrected chi connectivity index (χ3v) is 4.85. The summed E-state index contributed by atoms with van der Waals surface area (Å²) < 4.78 is 5.32. The van der Waals surface area contributed by atoms with E-state index in [9.17, 15) is 4.79 Å². The zero-order chi connectivity index (χ0) is 17.6. The smallest absolute Gasteiger partial charge is 0.227 e. The van der Waals surface area contributed by atoms with Gasteiger partial charge in [-0.2, -0.15) is 4.98 Å². The first-order valence-corrected chi connectivity index (χ1v) is 9.04. The maximum absolute atomic E-state index is 12.5. The third-order valence-electron chi connectivity index (χ3n) is 4.85. The predicted octanol–water partition coefficient (Wildman–Crippen LogP) is 2.57. The number of benzene rings is 1. The fourth-order valence-electron chi connectivity index (χ4n) is 3.42. The number of aryl methyl sites for hydroxylation is 2. The first-order chi connectivity index (χ1) is 12.2. The van der Waals surface area contributed by atoms with Crippen LogP contribution in [0.25, 0.3) is 11.4 Å². The second kappa shape index (κ2) is 8.25. The number of hydrogen-bond acceptors (Lipinski definition) is 5. The van der Waals surface area contributed by atoms with Crippen LogP contribution < -0.4 is 5.73 Å². The van der Waals surface area contributed by atoms with Crippen molar-refractivity contribution in [1.29, 1.82) is 0 Å². The lowest BCUT2D eigenvalue weighted by Gasteiger charge is -2.32. The summed E-state index contributed by atoms with van der Waals surface area (Å²) >= 11 is 0. The van der Waals surface area contributed by atoms with E-state index in [1.54, 1.807) is 0 Å². The molecule has 1 fully saturated rings. The minimum absolute atomic E-state index is 0.164. The monoisotopic (exact) mass is 342 g/mol. The minimum Gasteiger partial charge on any atom is -0.342 e. The number of nitrogens with two attached hydrogens (primary N) is 1. The molecule has 2 N–H and O–H groups in total. The van der Waals surface area contributed by atoms with Gasteiger partial charge in [-0.05, 0) is 44.2 Å². The normalized spacial score (nSPS) is 17.7. The maximum atomic E-state index is 12.5. The van der Waals surface area contributed by atoms with Gasteiger partial charge in [-0.3, -0.25) is 4.79 Å². The summed E-state index contributed by atoms with van der Waals surface area (Å²) in [5, 5.41) is 4.05. The highest BCUT2D eigenvalue weighted by atomic mass is 16.5. The van der Waals surface area contributed by atoms with Crippen molar-refractivity contribution >= 4 is 5.91 Å². The summed E-state index contributed by atoms with van der Waals surface area (Å²) in [5.41, 5.74) is 7.71. The van der Waals surface area contributed by atoms with Crippen molar-refractivity contribution < 1.29 is 9.32 Å². The number of amides is 1. The van der Waals surface area contributed by atoms with E-state index in [4.69, 9.17) is 10.3 Å². The Labute approximate surface area is 148 Å². The Morgan fingerprint density at radius 2 is 2.24 bits per heavy atom. The second-order valence-electron chi connectivity index (χ2n) is 6.75. The largest absolute Gasteiger partial charge is 0.342 e. The van der Waals surface area contributed by atoms with E-state index in [0.29, 0.717) is 37.0 Å². The predicted molar refractivity (Wildman–Crippen MR) is 95.8 cm³/mol. The molecule has 25 heavy (non-hydrogen) atoms. The van der Waals surface area contributed by atoms with E-state index >= 15 is 0 Å². The lowest BCUT2D eigenvalue weighted by Crippen LogP contribution is -2.40. The Bertz CT molecular complexity index is 711. The molecule has 0 radical (unpaired) electrons. The molecule has 2 heterocycles. The van der Waals surface area contributed by atoms with Crippen LogP contribution in [0.1, 0.15) is 37.1 Å². The fourth-order valence-corrected chi connectivity index (χ4v) is 3.42. The van der Waals surface area contributed by atoms with Crippen molar-refractivity contribution in [1.82, 2.24) is 15.0 Å². The number of hydrogen-bond donors (Lipinski definition) is 1. The highest BCUT2D eigenvalue weighted by molar-refractivity contribution is 5.76. The summed E-state index contributed by atoms with van der Waals surface area (Å²) in [6.45, 7) is 4.38. The van der Waals surface area contributed by atoms with E-state index in [1.807, 2.05) is 36.1 Å². The Balaban J connectivity index is 1.55. The third kappa shape index (κ3) is 4.45. The first kappa shape index (κ1) is 17.6. The van der Waals surface area contributed by atoms with Crippen LogP contribution in [0.3, 0.4) is 0 Å². The summed E-state index contributed by atoms with van der Waals surface area (Å²) in [6.07, 6.45) is 4.12. The van der Waals surface area contributed by atoms with Gasteiger partial charge >= 0.3 is 0 Å². The Hall–Kier alpha value is -2.21. The molecule has 6 nitrogen and oxygen atoms in total. The van der Waals surface area contributed by atoms with Crippen LogP contribution in [0.15, 0.2) is 28.8 Å². The molecule has 0 spiro atoms. The lowest BCUT2D eigenvalue weighted by atomic mass is 9.94. The molecule has 134 valence electrons. The lowest BCUT2D eigenvalue weighted by molar-refractivity contribution is -0.133. The molecule has 3 rings (SSSR count). The minimum atomic E-state index is 0.164. The highest BCUT2D eigenvalue weighted by Gasteiger charge is 2.23. The van der Waals surface area contributed by atoms with Gasteiger partial charge in [0.25, 0.3) is 0 Å². The average molecular weight is 342 g/mol. The number of nitrogens with zero attached hydrogens (tertiary/aromatic N) is 3. The van der Waals surface area contributed by atoms with E-state index in [-0.39, 0.29) is 5.91 Å². The summed E-state index contributed by atoms with van der Waals surface area (Å²) in [7, 11) is 0. The fraction of sp³-hybridized carbons (Fsp3) is 0.526. The molecule has 1 aliphatic rings. The van der Waals surface area contributed by atoms with Gasteiger partial charge in [0.15, 0.2) is 0 Å². The number of rotatable bonds is 6. The summed E-state index contributed by atoms with van der Waals surface area (Å²) in [5.74, 6) is 1.81. The van der Waals surface area contributed by atoms with Gasteiger partial charge in [-0.15, -0.1) is 0 Å².